The largest absolute Gasteiger partial charge is 0.395 e. The minimum absolute atomic E-state index is 0.00397. The van der Waals surface area contributed by atoms with E-state index in [9.17, 15) is 9.90 Å². The maximum Gasteiger partial charge on any atom is 0.322 e. The number of β-amino-alcohol motifs (C(OH)–C–C–N with tert-alkyl or cyclic N) is 1. The molecule has 1 atom stereocenters. The molecule has 1 aromatic carbocycles. The molecule has 1 spiro atoms. The molecule has 1 saturated carbocycles. The first kappa shape index (κ1) is 25.0. The summed E-state index contributed by atoms with van der Waals surface area (Å²) in [6, 6.07) is 10.7. The van der Waals surface area contributed by atoms with Gasteiger partial charge in [-0.15, -0.1) is 0 Å². The summed E-state index contributed by atoms with van der Waals surface area (Å²) < 4.78 is 0. The van der Waals surface area contributed by atoms with Gasteiger partial charge in [-0.1, -0.05) is 30.3 Å². The normalized spacial score (nSPS) is 31.4. The molecule has 1 unspecified atom stereocenters. The van der Waals surface area contributed by atoms with Gasteiger partial charge in [0.1, 0.15) is 0 Å². The predicted molar refractivity (Wildman–Crippen MR) is 141 cm³/mol. The highest BCUT2D eigenvalue weighted by atomic mass is 16.3. The number of carbonyl (C=O) groups is 1. The number of aliphatic imine (C=N–C) groups is 1. The van der Waals surface area contributed by atoms with Crippen molar-refractivity contribution >= 4 is 12.0 Å². The van der Waals surface area contributed by atoms with Crippen LogP contribution in [0.4, 0.5) is 4.79 Å². The summed E-state index contributed by atoms with van der Waals surface area (Å²) in [5.74, 6) is 0.875. The Labute approximate surface area is 214 Å². The predicted octanol–water partition coefficient (Wildman–Crippen LogP) is 1.58. The lowest BCUT2D eigenvalue weighted by Crippen LogP contribution is -2.54. The first-order valence-electron chi connectivity index (χ1n) is 13.3. The number of rotatable bonds is 5. The number of hydrogen-bond acceptors (Lipinski definition) is 7. The molecular weight excluding hydrogens is 454 g/mol. The van der Waals surface area contributed by atoms with Crippen LogP contribution in [0.3, 0.4) is 0 Å². The highest BCUT2D eigenvalue weighted by Gasteiger charge is 2.51. The Hall–Kier alpha value is -2.62. The first-order valence-corrected chi connectivity index (χ1v) is 13.3. The lowest BCUT2D eigenvalue weighted by Gasteiger charge is -2.48. The van der Waals surface area contributed by atoms with Gasteiger partial charge in [0.15, 0.2) is 5.96 Å². The molecule has 0 radical (unpaired) electrons. The van der Waals surface area contributed by atoms with E-state index in [1.807, 2.05) is 11.1 Å². The van der Waals surface area contributed by atoms with Gasteiger partial charge in [0.2, 0.25) is 0 Å². The van der Waals surface area contributed by atoms with Crippen LogP contribution in [0.2, 0.25) is 0 Å². The summed E-state index contributed by atoms with van der Waals surface area (Å²) in [7, 11) is 4.35. The summed E-state index contributed by atoms with van der Waals surface area (Å²) in [6.45, 7) is 7.27. The van der Waals surface area contributed by atoms with Crippen LogP contribution < -0.4 is 10.6 Å². The summed E-state index contributed by atoms with van der Waals surface area (Å²) >= 11 is 0. The van der Waals surface area contributed by atoms with E-state index < -0.39 is 0 Å². The van der Waals surface area contributed by atoms with Gasteiger partial charge in [0, 0.05) is 44.5 Å². The zero-order chi connectivity index (χ0) is 25.3. The van der Waals surface area contributed by atoms with Crippen LogP contribution in [-0.4, -0.2) is 108 Å². The van der Waals surface area contributed by atoms with Crippen molar-refractivity contribution in [3.63, 3.8) is 0 Å². The van der Waals surface area contributed by atoms with E-state index >= 15 is 0 Å². The molecule has 0 aromatic heterocycles. The second-order valence-electron chi connectivity index (χ2n) is 11.0. The SMILES string of the molecule is CC1N=C(N2CCN(CCO)CC2)NC=C1N1CC2(CCC(c3ccccc3)(N(C)C)CC2)NC1=O. The maximum atomic E-state index is 13.2. The highest BCUT2D eigenvalue weighted by Crippen LogP contribution is 2.46. The van der Waals surface area contributed by atoms with Gasteiger partial charge in [0.05, 0.1) is 30.4 Å². The Bertz CT molecular complexity index is 993. The molecule has 3 N–H and O–H groups in total. The van der Waals surface area contributed by atoms with Crippen molar-refractivity contribution in [1.82, 2.24) is 30.2 Å². The number of aliphatic hydroxyl groups excluding tert-OH is 1. The number of amides is 2. The molecule has 36 heavy (non-hydrogen) atoms. The second kappa shape index (κ2) is 10.0. The molecule has 3 heterocycles. The topological polar surface area (TPSA) is 86.7 Å². The van der Waals surface area contributed by atoms with Crippen LogP contribution in [0.25, 0.3) is 0 Å². The number of nitrogens with one attached hydrogen (secondary N) is 2. The number of carbonyl (C=O) groups excluding carboxylic acids is 1. The molecule has 196 valence electrons. The van der Waals surface area contributed by atoms with Crippen LogP contribution >= 0.6 is 0 Å². The second-order valence-corrected chi connectivity index (χ2v) is 11.0. The molecular formula is C27H41N7O2. The van der Waals surface area contributed by atoms with Crippen molar-refractivity contribution in [3.05, 3.63) is 47.8 Å². The Morgan fingerprint density at radius 3 is 2.39 bits per heavy atom. The van der Waals surface area contributed by atoms with E-state index in [1.54, 1.807) is 0 Å². The fourth-order valence-corrected chi connectivity index (χ4v) is 6.43. The average Bonchev–Trinajstić information content (AvgIpc) is 3.21. The minimum Gasteiger partial charge on any atom is -0.395 e. The van der Waals surface area contributed by atoms with E-state index in [0.29, 0.717) is 6.54 Å². The average molecular weight is 496 g/mol. The Morgan fingerprint density at radius 2 is 1.78 bits per heavy atom. The number of aliphatic hydroxyl groups is 1. The standard InChI is InChI=1S/C27H41N7O2/c1-21-23(19-28-24(29-21)33-15-13-32(14-16-33)17-18-35)34-20-26(30-25(34)36)9-11-27(12-10-26,31(2)3)22-7-5-4-6-8-22/h4-8,19,21,35H,9-18,20H2,1-3H3,(H,28,29)(H,30,36). The molecule has 5 rings (SSSR count). The number of benzene rings is 1. The van der Waals surface area contributed by atoms with Crippen molar-refractivity contribution in [3.8, 4) is 0 Å². The number of hydrogen-bond donors (Lipinski definition) is 3. The molecule has 9 heteroatoms. The summed E-state index contributed by atoms with van der Waals surface area (Å²) in [6.07, 6.45) is 5.89. The molecule has 4 aliphatic rings. The van der Waals surface area contributed by atoms with Crippen LogP contribution in [0.5, 0.6) is 0 Å². The number of urea groups is 1. The van der Waals surface area contributed by atoms with Crippen molar-refractivity contribution in [2.45, 2.75) is 49.7 Å². The van der Waals surface area contributed by atoms with E-state index in [2.05, 4.69) is 76.7 Å². The smallest absolute Gasteiger partial charge is 0.322 e. The third-order valence-electron chi connectivity index (χ3n) is 8.77. The molecule has 0 bridgehead atoms. The van der Waals surface area contributed by atoms with Gasteiger partial charge in [-0.05, 0) is 52.3 Å². The quantitative estimate of drug-likeness (QED) is 0.575. The lowest BCUT2D eigenvalue weighted by molar-refractivity contribution is 0.0627. The summed E-state index contributed by atoms with van der Waals surface area (Å²) in [4.78, 5) is 26.9. The van der Waals surface area contributed by atoms with E-state index in [0.717, 1.165) is 70.1 Å². The van der Waals surface area contributed by atoms with Crippen molar-refractivity contribution in [2.24, 2.45) is 4.99 Å². The van der Waals surface area contributed by atoms with Gasteiger partial charge in [-0.25, -0.2) is 9.79 Å². The molecule has 2 saturated heterocycles. The zero-order valence-electron chi connectivity index (χ0n) is 21.9. The van der Waals surface area contributed by atoms with Gasteiger partial charge in [-0.2, -0.15) is 0 Å². The van der Waals surface area contributed by atoms with E-state index in [4.69, 9.17) is 4.99 Å². The van der Waals surface area contributed by atoms with Crippen molar-refractivity contribution in [2.75, 3.05) is 60.0 Å². The molecule has 2 amide bonds. The number of guanidine groups is 1. The third-order valence-corrected chi connectivity index (χ3v) is 8.77. The van der Waals surface area contributed by atoms with E-state index in [-0.39, 0.29) is 29.8 Å². The fourth-order valence-electron chi connectivity index (χ4n) is 6.43. The van der Waals surface area contributed by atoms with Gasteiger partial charge in [0.25, 0.3) is 0 Å². The molecule has 1 aliphatic carbocycles. The van der Waals surface area contributed by atoms with Crippen LogP contribution in [-0.2, 0) is 5.54 Å². The first-order chi connectivity index (χ1) is 17.4. The number of nitrogens with zero attached hydrogens (tertiary/aromatic N) is 5. The molecule has 1 aromatic rings. The molecule has 9 nitrogen and oxygen atoms in total. The van der Waals surface area contributed by atoms with Gasteiger partial charge >= 0.3 is 6.03 Å². The summed E-state index contributed by atoms with van der Waals surface area (Å²) in [5.41, 5.74) is 2.10. The third kappa shape index (κ3) is 4.60. The number of piperazine rings is 1. The van der Waals surface area contributed by atoms with Crippen LogP contribution in [0.1, 0.15) is 38.2 Å². The van der Waals surface area contributed by atoms with Crippen molar-refractivity contribution < 1.29 is 9.90 Å². The summed E-state index contributed by atoms with van der Waals surface area (Å²) in [5, 5.41) is 15.9. The maximum absolute atomic E-state index is 13.2. The Kier molecular flexibility index (Phi) is 6.98. The Morgan fingerprint density at radius 1 is 1.08 bits per heavy atom. The monoisotopic (exact) mass is 495 g/mol. The molecule has 3 aliphatic heterocycles. The van der Waals surface area contributed by atoms with E-state index in [1.165, 1.54) is 5.56 Å². The van der Waals surface area contributed by atoms with Crippen LogP contribution in [0.15, 0.2) is 47.2 Å². The van der Waals surface area contributed by atoms with Gasteiger partial charge in [-0.3, -0.25) is 14.7 Å². The zero-order valence-corrected chi connectivity index (χ0v) is 21.9. The minimum atomic E-state index is -0.195. The Balaban J connectivity index is 1.23. The van der Waals surface area contributed by atoms with Gasteiger partial charge < -0.3 is 20.6 Å². The molecule has 3 fully saturated rings. The van der Waals surface area contributed by atoms with Crippen LogP contribution in [0, 0.1) is 0 Å². The lowest BCUT2D eigenvalue weighted by atomic mass is 9.69. The van der Waals surface area contributed by atoms with Crippen molar-refractivity contribution in [1.29, 1.82) is 0 Å². The highest BCUT2D eigenvalue weighted by molar-refractivity contribution is 5.84. The fraction of sp³-hybridized carbons (Fsp3) is 0.630.